The van der Waals surface area contributed by atoms with Crippen molar-refractivity contribution in [2.24, 2.45) is 0 Å². The van der Waals surface area contributed by atoms with Crippen molar-refractivity contribution in [2.75, 3.05) is 26.2 Å². The summed E-state index contributed by atoms with van der Waals surface area (Å²) in [5, 5.41) is 8.26. The zero-order valence-corrected chi connectivity index (χ0v) is 14.1. The zero-order valence-electron chi connectivity index (χ0n) is 14.1. The van der Waals surface area contributed by atoms with Gasteiger partial charge in [-0.3, -0.25) is 9.69 Å². The van der Waals surface area contributed by atoms with Gasteiger partial charge in [-0.15, -0.1) is 10.2 Å². The number of aromatic nitrogens is 2. The van der Waals surface area contributed by atoms with Gasteiger partial charge in [0.1, 0.15) is 0 Å². The summed E-state index contributed by atoms with van der Waals surface area (Å²) in [6.45, 7) is 6.00. The van der Waals surface area contributed by atoms with Crippen LogP contribution in [0.25, 0.3) is 11.5 Å². The summed E-state index contributed by atoms with van der Waals surface area (Å²) in [4.78, 5) is 16.3. The number of unbranched alkanes of at least 4 members (excludes halogenated alkanes) is 1. The molecule has 0 N–H and O–H groups in total. The second kappa shape index (κ2) is 8.06. The number of benzene rings is 1. The Hall–Kier alpha value is -2.21. The molecule has 0 bridgehead atoms. The highest BCUT2D eigenvalue weighted by molar-refractivity contribution is 5.76. The smallest absolute Gasteiger partial charge is 0.247 e. The zero-order chi connectivity index (χ0) is 16.8. The van der Waals surface area contributed by atoms with E-state index in [1.165, 1.54) is 0 Å². The Kier molecular flexibility index (Phi) is 5.59. The van der Waals surface area contributed by atoms with E-state index in [4.69, 9.17) is 4.42 Å². The molecule has 6 heteroatoms. The van der Waals surface area contributed by atoms with E-state index in [9.17, 15) is 4.79 Å². The number of hydrogen-bond acceptors (Lipinski definition) is 5. The largest absolute Gasteiger partial charge is 0.419 e. The second-order valence-corrected chi connectivity index (χ2v) is 6.13. The van der Waals surface area contributed by atoms with Crippen LogP contribution in [-0.4, -0.2) is 52.1 Å². The van der Waals surface area contributed by atoms with Crippen LogP contribution in [0.3, 0.4) is 0 Å². The second-order valence-electron chi connectivity index (χ2n) is 6.13. The summed E-state index contributed by atoms with van der Waals surface area (Å²) < 4.78 is 5.76. The van der Waals surface area contributed by atoms with Gasteiger partial charge in [-0.25, -0.2) is 0 Å². The third-order valence-corrected chi connectivity index (χ3v) is 4.32. The molecule has 128 valence electrons. The van der Waals surface area contributed by atoms with Gasteiger partial charge in [-0.1, -0.05) is 31.5 Å². The molecular formula is C18H24N4O2. The van der Waals surface area contributed by atoms with Gasteiger partial charge < -0.3 is 9.32 Å². The molecule has 24 heavy (non-hydrogen) atoms. The van der Waals surface area contributed by atoms with E-state index >= 15 is 0 Å². The molecule has 1 aliphatic heterocycles. The van der Waals surface area contributed by atoms with E-state index in [1.54, 1.807) is 0 Å². The number of carbonyl (C=O) groups excluding carboxylic acids is 1. The van der Waals surface area contributed by atoms with Gasteiger partial charge in [0.15, 0.2) is 0 Å². The van der Waals surface area contributed by atoms with Gasteiger partial charge in [0.25, 0.3) is 0 Å². The first kappa shape index (κ1) is 16.6. The molecule has 2 heterocycles. The molecule has 6 nitrogen and oxygen atoms in total. The molecule has 3 rings (SSSR count). The minimum Gasteiger partial charge on any atom is -0.419 e. The lowest BCUT2D eigenvalue weighted by Crippen LogP contribution is -2.48. The highest BCUT2D eigenvalue weighted by Gasteiger charge is 2.22. The van der Waals surface area contributed by atoms with Crippen LogP contribution >= 0.6 is 0 Å². The number of hydrogen-bond donors (Lipinski definition) is 0. The van der Waals surface area contributed by atoms with Crippen molar-refractivity contribution in [3.05, 3.63) is 36.2 Å². The lowest BCUT2D eigenvalue weighted by molar-refractivity contribution is -0.133. The van der Waals surface area contributed by atoms with Crippen molar-refractivity contribution in [3.63, 3.8) is 0 Å². The normalized spacial score (nSPS) is 15.6. The van der Waals surface area contributed by atoms with Crippen LogP contribution in [0.15, 0.2) is 34.7 Å². The van der Waals surface area contributed by atoms with Crippen LogP contribution in [0.4, 0.5) is 0 Å². The molecule has 0 saturated carbocycles. The summed E-state index contributed by atoms with van der Waals surface area (Å²) in [5.74, 6) is 1.46. The lowest BCUT2D eigenvalue weighted by atomic mass is 10.2. The number of amides is 1. The first-order chi connectivity index (χ1) is 11.8. The van der Waals surface area contributed by atoms with Crippen molar-refractivity contribution in [3.8, 4) is 11.5 Å². The van der Waals surface area contributed by atoms with E-state index in [-0.39, 0.29) is 5.91 Å². The van der Waals surface area contributed by atoms with Gasteiger partial charge >= 0.3 is 0 Å². The van der Waals surface area contributed by atoms with E-state index in [0.29, 0.717) is 24.7 Å². The summed E-state index contributed by atoms with van der Waals surface area (Å²) in [7, 11) is 0. The molecule has 0 spiro atoms. The standard InChI is InChI=1S/C18H24N4O2/c1-2-3-9-17(23)22-12-10-21(11-13-22)14-16-19-20-18(24-16)15-7-5-4-6-8-15/h4-8H,2-3,9-14H2,1H3. The summed E-state index contributed by atoms with van der Waals surface area (Å²) in [6, 6.07) is 9.78. The van der Waals surface area contributed by atoms with Crippen LogP contribution in [0.5, 0.6) is 0 Å². The maximum Gasteiger partial charge on any atom is 0.247 e. The fourth-order valence-corrected chi connectivity index (χ4v) is 2.85. The molecular weight excluding hydrogens is 304 g/mol. The van der Waals surface area contributed by atoms with Gasteiger partial charge in [-0.2, -0.15) is 0 Å². The van der Waals surface area contributed by atoms with Gasteiger partial charge in [0, 0.05) is 38.2 Å². The van der Waals surface area contributed by atoms with Crippen molar-refractivity contribution in [1.82, 2.24) is 20.0 Å². The Bertz CT molecular complexity index is 648. The minimum atomic E-state index is 0.278. The van der Waals surface area contributed by atoms with Crippen molar-refractivity contribution in [2.45, 2.75) is 32.7 Å². The average Bonchev–Trinajstić information content (AvgIpc) is 3.09. The van der Waals surface area contributed by atoms with Crippen LogP contribution in [-0.2, 0) is 11.3 Å². The van der Waals surface area contributed by atoms with Crippen molar-refractivity contribution < 1.29 is 9.21 Å². The molecule has 1 saturated heterocycles. The Morgan fingerprint density at radius 1 is 1.12 bits per heavy atom. The van der Waals surface area contributed by atoms with Gasteiger partial charge in [0.05, 0.1) is 6.54 Å². The van der Waals surface area contributed by atoms with Crippen molar-refractivity contribution >= 4 is 5.91 Å². The molecule has 1 aromatic heterocycles. The first-order valence-electron chi connectivity index (χ1n) is 8.64. The molecule has 1 aromatic carbocycles. The van der Waals surface area contributed by atoms with E-state index < -0.39 is 0 Å². The average molecular weight is 328 g/mol. The lowest BCUT2D eigenvalue weighted by Gasteiger charge is -2.34. The minimum absolute atomic E-state index is 0.278. The van der Waals surface area contributed by atoms with Crippen molar-refractivity contribution in [1.29, 1.82) is 0 Å². The summed E-state index contributed by atoms with van der Waals surface area (Å²) in [5.41, 5.74) is 0.933. The number of nitrogens with zero attached hydrogens (tertiary/aromatic N) is 4. The predicted octanol–water partition coefficient (Wildman–Crippen LogP) is 2.57. The number of piperazine rings is 1. The molecule has 0 unspecified atom stereocenters. The molecule has 1 fully saturated rings. The molecule has 1 aliphatic rings. The Balaban J connectivity index is 1.50. The Labute approximate surface area is 142 Å². The number of carbonyl (C=O) groups is 1. The van der Waals surface area contributed by atoms with E-state index in [0.717, 1.165) is 44.6 Å². The Morgan fingerprint density at radius 2 is 1.88 bits per heavy atom. The Morgan fingerprint density at radius 3 is 2.58 bits per heavy atom. The van der Waals surface area contributed by atoms with Crippen LogP contribution in [0.2, 0.25) is 0 Å². The topological polar surface area (TPSA) is 62.5 Å². The fraction of sp³-hybridized carbons (Fsp3) is 0.500. The van der Waals surface area contributed by atoms with Gasteiger partial charge in [0.2, 0.25) is 17.7 Å². The SMILES string of the molecule is CCCCC(=O)N1CCN(Cc2nnc(-c3ccccc3)o2)CC1. The van der Waals surface area contributed by atoms with Crippen LogP contribution in [0, 0.1) is 0 Å². The molecule has 1 amide bonds. The monoisotopic (exact) mass is 328 g/mol. The quantitative estimate of drug-likeness (QED) is 0.815. The van der Waals surface area contributed by atoms with E-state index in [2.05, 4.69) is 22.0 Å². The third-order valence-electron chi connectivity index (χ3n) is 4.32. The molecule has 2 aromatic rings. The van der Waals surface area contributed by atoms with Gasteiger partial charge in [-0.05, 0) is 18.6 Å². The highest BCUT2D eigenvalue weighted by Crippen LogP contribution is 2.18. The number of rotatable bonds is 6. The summed E-state index contributed by atoms with van der Waals surface area (Å²) >= 11 is 0. The third kappa shape index (κ3) is 4.20. The fourth-order valence-electron chi connectivity index (χ4n) is 2.85. The highest BCUT2D eigenvalue weighted by atomic mass is 16.4. The molecule has 0 atom stereocenters. The van der Waals surface area contributed by atoms with E-state index in [1.807, 2.05) is 35.2 Å². The maximum atomic E-state index is 12.0. The predicted molar refractivity (Wildman–Crippen MR) is 91.1 cm³/mol. The molecule has 0 radical (unpaired) electrons. The van der Waals surface area contributed by atoms with Crippen LogP contribution < -0.4 is 0 Å². The summed E-state index contributed by atoms with van der Waals surface area (Å²) in [6.07, 6.45) is 2.70. The first-order valence-corrected chi connectivity index (χ1v) is 8.64. The van der Waals surface area contributed by atoms with Crippen LogP contribution in [0.1, 0.15) is 32.1 Å². The molecule has 0 aliphatic carbocycles. The maximum absolute atomic E-state index is 12.0.